The van der Waals surface area contributed by atoms with Gasteiger partial charge in [-0.25, -0.2) is 0 Å². The summed E-state index contributed by atoms with van der Waals surface area (Å²) in [7, 11) is 0. The van der Waals surface area contributed by atoms with E-state index in [2.05, 4.69) is 9.97 Å². The van der Waals surface area contributed by atoms with Gasteiger partial charge < -0.3 is 5.11 Å². The highest BCUT2D eigenvalue weighted by atomic mass is 16.3. The van der Waals surface area contributed by atoms with Crippen molar-refractivity contribution in [1.29, 1.82) is 0 Å². The largest absolute Gasteiger partial charge is 0.384 e. The molecule has 1 unspecified atom stereocenters. The highest BCUT2D eigenvalue weighted by Crippen LogP contribution is 2.22. The van der Waals surface area contributed by atoms with Crippen molar-refractivity contribution < 1.29 is 5.11 Å². The molecule has 2 rings (SSSR count). The summed E-state index contributed by atoms with van der Waals surface area (Å²) in [6, 6.07) is 5.54. The molecule has 0 aliphatic carbocycles. The van der Waals surface area contributed by atoms with Gasteiger partial charge in [0.2, 0.25) is 0 Å². The van der Waals surface area contributed by atoms with Crippen molar-refractivity contribution in [1.82, 2.24) is 9.97 Å². The Morgan fingerprint density at radius 3 is 2.60 bits per heavy atom. The maximum atomic E-state index is 10.1. The van der Waals surface area contributed by atoms with Crippen LogP contribution in [0.1, 0.15) is 22.8 Å². The van der Waals surface area contributed by atoms with Gasteiger partial charge >= 0.3 is 0 Å². The van der Waals surface area contributed by atoms with Crippen LogP contribution >= 0.6 is 0 Å². The maximum absolute atomic E-state index is 10.1. The number of aliphatic hydroxyl groups is 1. The van der Waals surface area contributed by atoms with Gasteiger partial charge in [0.1, 0.15) is 6.10 Å². The van der Waals surface area contributed by atoms with Gasteiger partial charge in [0, 0.05) is 35.9 Å². The van der Waals surface area contributed by atoms with Crippen LogP contribution in [0.2, 0.25) is 0 Å². The Kier molecular flexibility index (Phi) is 2.74. The minimum absolute atomic E-state index is 0.646. The van der Waals surface area contributed by atoms with E-state index in [0.717, 1.165) is 16.7 Å². The average Bonchev–Trinajstić information content (AvgIpc) is 2.30. The molecule has 3 heteroatoms. The topological polar surface area (TPSA) is 46.0 Å². The smallest absolute Gasteiger partial charge is 0.107 e. The Labute approximate surface area is 88.5 Å². The van der Waals surface area contributed by atoms with E-state index in [1.807, 2.05) is 25.1 Å². The van der Waals surface area contributed by atoms with Gasteiger partial charge in [0.05, 0.1) is 0 Å². The molecule has 1 atom stereocenters. The zero-order valence-electron chi connectivity index (χ0n) is 8.46. The molecule has 0 saturated carbocycles. The lowest BCUT2D eigenvalue weighted by molar-refractivity contribution is 0.218. The Morgan fingerprint density at radius 2 is 1.93 bits per heavy atom. The Bertz CT molecular complexity index is 442. The van der Waals surface area contributed by atoms with Crippen molar-refractivity contribution in [2.45, 2.75) is 13.0 Å². The van der Waals surface area contributed by atoms with Crippen LogP contribution < -0.4 is 0 Å². The van der Waals surface area contributed by atoms with Gasteiger partial charge in [-0.3, -0.25) is 9.97 Å². The van der Waals surface area contributed by atoms with E-state index in [-0.39, 0.29) is 0 Å². The molecular formula is C12H12N2O. The Morgan fingerprint density at radius 1 is 1.13 bits per heavy atom. The summed E-state index contributed by atoms with van der Waals surface area (Å²) >= 11 is 0. The van der Waals surface area contributed by atoms with E-state index >= 15 is 0 Å². The van der Waals surface area contributed by atoms with E-state index in [1.165, 1.54) is 0 Å². The number of nitrogens with zero attached hydrogens (tertiary/aromatic N) is 2. The second kappa shape index (κ2) is 4.19. The summed E-state index contributed by atoms with van der Waals surface area (Å²) in [6.45, 7) is 1.95. The minimum atomic E-state index is -0.646. The van der Waals surface area contributed by atoms with Gasteiger partial charge in [-0.1, -0.05) is 6.07 Å². The molecule has 0 radical (unpaired) electrons. The van der Waals surface area contributed by atoms with Gasteiger partial charge in [-0.05, 0) is 24.6 Å². The van der Waals surface area contributed by atoms with E-state index in [1.54, 1.807) is 24.8 Å². The maximum Gasteiger partial charge on any atom is 0.107 e. The molecule has 3 nitrogen and oxygen atoms in total. The molecular weight excluding hydrogens is 188 g/mol. The van der Waals surface area contributed by atoms with Crippen LogP contribution in [0.3, 0.4) is 0 Å². The van der Waals surface area contributed by atoms with Gasteiger partial charge in [0.25, 0.3) is 0 Å². The molecule has 0 fully saturated rings. The molecule has 0 spiro atoms. The van der Waals surface area contributed by atoms with Crippen LogP contribution in [0.25, 0.3) is 0 Å². The third-order valence-corrected chi connectivity index (χ3v) is 2.37. The van der Waals surface area contributed by atoms with Crippen molar-refractivity contribution in [3.8, 4) is 0 Å². The van der Waals surface area contributed by atoms with Gasteiger partial charge in [0.15, 0.2) is 0 Å². The monoisotopic (exact) mass is 200 g/mol. The van der Waals surface area contributed by atoms with Gasteiger partial charge in [-0.15, -0.1) is 0 Å². The second-order valence-electron chi connectivity index (χ2n) is 3.42. The molecule has 2 aromatic heterocycles. The quantitative estimate of drug-likeness (QED) is 0.804. The van der Waals surface area contributed by atoms with Crippen molar-refractivity contribution in [3.05, 3.63) is 59.7 Å². The lowest BCUT2D eigenvalue weighted by Crippen LogP contribution is -2.02. The fraction of sp³-hybridized carbons (Fsp3) is 0.167. The number of pyridine rings is 2. The normalized spacial score (nSPS) is 12.4. The fourth-order valence-electron chi connectivity index (χ4n) is 1.48. The summed E-state index contributed by atoms with van der Waals surface area (Å²) in [5, 5.41) is 10.1. The molecule has 2 aromatic rings. The highest BCUT2D eigenvalue weighted by Gasteiger charge is 2.12. The predicted octanol–water partition coefficient (Wildman–Crippen LogP) is 1.87. The summed E-state index contributed by atoms with van der Waals surface area (Å²) < 4.78 is 0. The zero-order valence-corrected chi connectivity index (χ0v) is 8.46. The number of aryl methyl sites for hydroxylation is 1. The average molecular weight is 200 g/mol. The van der Waals surface area contributed by atoms with E-state index < -0.39 is 6.10 Å². The first-order valence-electron chi connectivity index (χ1n) is 4.77. The zero-order chi connectivity index (χ0) is 10.7. The number of aromatic nitrogens is 2. The third kappa shape index (κ3) is 2.02. The molecule has 0 aliphatic rings. The molecule has 76 valence electrons. The molecule has 0 saturated heterocycles. The van der Waals surface area contributed by atoms with E-state index in [0.29, 0.717) is 0 Å². The number of rotatable bonds is 2. The lowest BCUT2D eigenvalue weighted by Gasteiger charge is -2.12. The molecule has 0 aromatic carbocycles. The molecule has 2 heterocycles. The Balaban J connectivity index is 2.37. The molecule has 1 N–H and O–H groups in total. The first kappa shape index (κ1) is 9.80. The molecule has 0 aliphatic heterocycles. The standard InChI is InChI=1S/C12H12N2O/c1-9-4-6-14-8-11(9)12(15)10-3-2-5-13-7-10/h2-8,12,15H,1H3. The summed E-state index contributed by atoms with van der Waals surface area (Å²) in [5.74, 6) is 0. The van der Waals surface area contributed by atoms with Gasteiger partial charge in [-0.2, -0.15) is 0 Å². The van der Waals surface area contributed by atoms with Crippen molar-refractivity contribution in [3.63, 3.8) is 0 Å². The van der Waals surface area contributed by atoms with Crippen molar-refractivity contribution in [2.24, 2.45) is 0 Å². The lowest BCUT2D eigenvalue weighted by atomic mass is 10.0. The van der Waals surface area contributed by atoms with Crippen LogP contribution in [-0.2, 0) is 0 Å². The first-order valence-corrected chi connectivity index (χ1v) is 4.77. The number of hydrogen-bond acceptors (Lipinski definition) is 3. The van der Waals surface area contributed by atoms with Crippen LogP contribution in [0, 0.1) is 6.92 Å². The first-order chi connectivity index (χ1) is 7.29. The molecule has 0 amide bonds. The summed E-state index contributed by atoms with van der Waals surface area (Å²) in [6.07, 6.45) is 6.11. The number of aliphatic hydroxyl groups excluding tert-OH is 1. The van der Waals surface area contributed by atoms with Crippen LogP contribution in [0.5, 0.6) is 0 Å². The van der Waals surface area contributed by atoms with Crippen LogP contribution in [0.15, 0.2) is 43.0 Å². The second-order valence-corrected chi connectivity index (χ2v) is 3.42. The fourth-order valence-corrected chi connectivity index (χ4v) is 1.48. The van der Waals surface area contributed by atoms with E-state index in [4.69, 9.17) is 0 Å². The van der Waals surface area contributed by atoms with Crippen molar-refractivity contribution in [2.75, 3.05) is 0 Å². The predicted molar refractivity (Wildman–Crippen MR) is 57.3 cm³/mol. The summed E-state index contributed by atoms with van der Waals surface area (Å²) in [4.78, 5) is 7.99. The summed E-state index contributed by atoms with van der Waals surface area (Å²) in [5.41, 5.74) is 2.64. The van der Waals surface area contributed by atoms with Crippen molar-refractivity contribution >= 4 is 0 Å². The SMILES string of the molecule is Cc1ccncc1C(O)c1cccnc1. The minimum Gasteiger partial charge on any atom is -0.384 e. The molecule has 0 bridgehead atoms. The third-order valence-electron chi connectivity index (χ3n) is 2.37. The van der Waals surface area contributed by atoms with Crippen LogP contribution in [0.4, 0.5) is 0 Å². The number of hydrogen-bond donors (Lipinski definition) is 1. The van der Waals surface area contributed by atoms with E-state index in [9.17, 15) is 5.11 Å². The van der Waals surface area contributed by atoms with Crippen LogP contribution in [-0.4, -0.2) is 15.1 Å². The highest BCUT2D eigenvalue weighted by molar-refractivity contribution is 5.31. The Hall–Kier alpha value is -1.74. The molecule has 15 heavy (non-hydrogen) atoms.